The van der Waals surface area contributed by atoms with Gasteiger partial charge in [-0.15, -0.1) is 0 Å². The summed E-state index contributed by atoms with van der Waals surface area (Å²) in [5, 5.41) is 0. The Morgan fingerprint density at radius 3 is 1.66 bits per heavy atom. The maximum atomic E-state index is 10.3. The molecule has 0 spiro atoms. The molecule has 2 unspecified atom stereocenters. The van der Waals surface area contributed by atoms with E-state index < -0.39 is 12.2 Å². The van der Waals surface area contributed by atoms with Gasteiger partial charge in [-0.25, -0.2) is 9.59 Å². The Morgan fingerprint density at radius 1 is 0.793 bits per heavy atom. The summed E-state index contributed by atoms with van der Waals surface area (Å²) in [6.45, 7) is 0.425. The number of quaternary nitrogens is 1. The summed E-state index contributed by atoms with van der Waals surface area (Å²) < 4.78 is 9.24. The zero-order valence-electron chi connectivity index (χ0n) is 16.2. The highest BCUT2D eigenvalue weighted by Crippen LogP contribution is 2.02. The van der Waals surface area contributed by atoms with Crippen LogP contribution in [-0.2, 0) is 22.3 Å². The number of primary amides is 2. The second kappa shape index (κ2) is 15.2. The summed E-state index contributed by atoms with van der Waals surface area (Å²) in [6, 6.07) is 19.5. The van der Waals surface area contributed by atoms with E-state index in [0.717, 1.165) is 12.0 Å². The molecule has 0 bridgehead atoms. The van der Waals surface area contributed by atoms with Crippen LogP contribution in [0.2, 0.25) is 0 Å². The standard InChI is InChI=1S/2C10H14N2O2.ClH/c2*11-9(7-14-10(12)13)6-8-4-2-1-3-5-8;/h2*1-5,9H,6-7,11H2,(H2,12,13);1H. The van der Waals surface area contributed by atoms with Gasteiger partial charge in [0.2, 0.25) is 0 Å². The fraction of sp³-hybridized carbons (Fsp3) is 0.300. The highest BCUT2D eigenvalue weighted by Gasteiger charge is 2.09. The lowest BCUT2D eigenvalue weighted by Gasteiger charge is -2.10. The third kappa shape index (κ3) is 13.9. The van der Waals surface area contributed by atoms with Crippen molar-refractivity contribution in [2.75, 3.05) is 13.2 Å². The molecule has 0 radical (unpaired) electrons. The van der Waals surface area contributed by atoms with Crippen LogP contribution in [0.25, 0.3) is 0 Å². The second-order valence-corrected chi connectivity index (χ2v) is 6.27. The second-order valence-electron chi connectivity index (χ2n) is 6.27. The molecule has 2 atom stereocenters. The van der Waals surface area contributed by atoms with Gasteiger partial charge in [0.1, 0.15) is 19.3 Å². The van der Waals surface area contributed by atoms with Crippen LogP contribution in [0, 0.1) is 0 Å². The van der Waals surface area contributed by atoms with Crippen molar-refractivity contribution in [2.45, 2.75) is 24.9 Å². The summed E-state index contributed by atoms with van der Waals surface area (Å²) >= 11 is 0. The Morgan fingerprint density at radius 2 is 1.21 bits per heavy atom. The van der Waals surface area contributed by atoms with Gasteiger partial charge >= 0.3 is 12.2 Å². The maximum absolute atomic E-state index is 10.3. The molecule has 2 aromatic rings. The first kappa shape index (κ1) is 26.2. The molecule has 9 heteroatoms. The average Bonchev–Trinajstić information content (AvgIpc) is 2.67. The van der Waals surface area contributed by atoms with Crippen LogP contribution in [-0.4, -0.2) is 37.5 Å². The fourth-order valence-electron chi connectivity index (χ4n) is 2.37. The lowest BCUT2D eigenvalue weighted by molar-refractivity contribution is -0.424. The molecule has 160 valence electrons. The highest BCUT2D eigenvalue weighted by atomic mass is 35.5. The summed E-state index contributed by atoms with van der Waals surface area (Å²) in [6.07, 6.45) is -0.0670. The van der Waals surface area contributed by atoms with E-state index in [-0.39, 0.29) is 37.7 Å². The normalized spacial score (nSPS) is 11.7. The van der Waals surface area contributed by atoms with Crippen LogP contribution < -0.4 is 35.3 Å². The van der Waals surface area contributed by atoms with Crippen molar-refractivity contribution in [3.05, 3.63) is 71.8 Å². The molecule has 2 aromatic carbocycles. The third-order valence-electron chi connectivity index (χ3n) is 3.61. The number of hydrogen-bond donors (Lipinski definition) is 4. The van der Waals surface area contributed by atoms with E-state index in [1.165, 1.54) is 5.56 Å². The van der Waals surface area contributed by atoms with E-state index >= 15 is 0 Å². The molecule has 0 saturated carbocycles. The summed E-state index contributed by atoms with van der Waals surface area (Å²) in [5.74, 6) is 0. The molecular weight excluding hydrogens is 396 g/mol. The zero-order chi connectivity index (χ0) is 20.8. The number of nitrogens with two attached hydrogens (primary N) is 3. The van der Waals surface area contributed by atoms with Crippen molar-refractivity contribution in [3.63, 3.8) is 0 Å². The van der Waals surface area contributed by atoms with Gasteiger partial charge in [0.05, 0.1) is 0 Å². The molecule has 8 nitrogen and oxygen atoms in total. The van der Waals surface area contributed by atoms with Crippen LogP contribution >= 0.6 is 0 Å². The minimum atomic E-state index is -0.784. The van der Waals surface area contributed by atoms with Crippen LogP contribution in [0.3, 0.4) is 0 Å². The van der Waals surface area contributed by atoms with Crippen molar-refractivity contribution in [2.24, 2.45) is 17.2 Å². The molecular formula is C20H29ClN4O4. The number of rotatable bonds is 8. The fourth-order valence-corrected chi connectivity index (χ4v) is 2.37. The lowest BCUT2D eigenvalue weighted by Crippen LogP contribution is -3.00. The van der Waals surface area contributed by atoms with E-state index in [1.807, 2.05) is 60.7 Å². The Kier molecular flexibility index (Phi) is 13.7. The van der Waals surface area contributed by atoms with Gasteiger partial charge in [0, 0.05) is 12.5 Å². The summed E-state index contributed by atoms with van der Waals surface area (Å²) in [4.78, 5) is 20.6. The van der Waals surface area contributed by atoms with Crippen molar-refractivity contribution < 1.29 is 37.2 Å². The van der Waals surface area contributed by atoms with Crippen molar-refractivity contribution >= 4 is 12.2 Å². The number of halogens is 1. The number of carbonyl (C=O) groups is 2. The highest BCUT2D eigenvalue weighted by molar-refractivity contribution is 5.64. The van der Waals surface area contributed by atoms with Crippen LogP contribution in [0.4, 0.5) is 9.59 Å². The predicted molar refractivity (Wildman–Crippen MR) is 106 cm³/mol. The molecule has 0 aliphatic carbocycles. The van der Waals surface area contributed by atoms with Gasteiger partial charge in [-0.2, -0.15) is 0 Å². The van der Waals surface area contributed by atoms with E-state index in [0.29, 0.717) is 6.42 Å². The number of carbonyl (C=O) groups excluding carboxylic acids is 2. The van der Waals surface area contributed by atoms with Crippen molar-refractivity contribution in [1.29, 1.82) is 0 Å². The third-order valence-corrected chi connectivity index (χ3v) is 3.61. The molecule has 0 heterocycles. The summed E-state index contributed by atoms with van der Waals surface area (Å²) in [5.41, 5.74) is 21.6. The minimum Gasteiger partial charge on any atom is -1.00 e. The first-order chi connectivity index (χ1) is 13.4. The Labute approximate surface area is 176 Å². The Balaban J connectivity index is 0.000000523. The molecule has 0 aliphatic heterocycles. The number of amides is 2. The summed E-state index contributed by atoms with van der Waals surface area (Å²) in [7, 11) is 0. The topological polar surface area (TPSA) is 158 Å². The molecule has 0 aromatic heterocycles. The SMILES string of the molecule is NC(=O)OCC(N)Cc1ccccc1.NC(=O)OCC([NH3+])Cc1ccccc1.[Cl-]. The number of benzene rings is 2. The van der Waals surface area contributed by atoms with E-state index in [1.54, 1.807) is 0 Å². The molecule has 9 N–H and O–H groups in total. The smallest absolute Gasteiger partial charge is 0.404 e. The van der Waals surface area contributed by atoms with Gasteiger partial charge in [-0.05, 0) is 17.5 Å². The molecule has 0 aliphatic rings. The monoisotopic (exact) mass is 424 g/mol. The predicted octanol–water partition coefficient (Wildman–Crippen LogP) is -2.41. The van der Waals surface area contributed by atoms with Crippen molar-refractivity contribution in [3.8, 4) is 0 Å². The zero-order valence-corrected chi connectivity index (χ0v) is 17.0. The number of hydrogen-bond acceptors (Lipinski definition) is 5. The first-order valence-electron chi connectivity index (χ1n) is 8.87. The van der Waals surface area contributed by atoms with E-state index in [2.05, 4.69) is 15.2 Å². The maximum Gasteiger partial charge on any atom is 0.404 e. The van der Waals surface area contributed by atoms with Gasteiger partial charge < -0.3 is 44.8 Å². The van der Waals surface area contributed by atoms with Gasteiger partial charge in [0.25, 0.3) is 0 Å². The minimum absolute atomic E-state index is 0. The van der Waals surface area contributed by atoms with Gasteiger partial charge in [-0.3, -0.25) is 0 Å². The Hall–Kier alpha value is -2.81. The quantitative estimate of drug-likeness (QED) is 0.371. The Bertz CT molecular complexity index is 643. The van der Waals surface area contributed by atoms with Gasteiger partial charge in [-0.1, -0.05) is 60.7 Å². The van der Waals surface area contributed by atoms with E-state index in [9.17, 15) is 9.59 Å². The first-order valence-corrected chi connectivity index (χ1v) is 8.87. The van der Waals surface area contributed by atoms with Gasteiger partial charge in [0.15, 0.2) is 0 Å². The van der Waals surface area contributed by atoms with Crippen LogP contribution in [0.15, 0.2) is 60.7 Å². The van der Waals surface area contributed by atoms with E-state index in [4.69, 9.17) is 17.2 Å². The number of ether oxygens (including phenoxy) is 2. The molecule has 29 heavy (non-hydrogen) atoms. The molecule has 0 saturated heterocycles. The van der Waals surface area contributed by atoms with Crippen LogP contribution in [0.5, 0.6) is 0 Å². The average molecular weight is 425 g/mol. The lowest BCUT2D eigenvalue weighted by atomic mass is 10.1. The van der Waals surface area contributed by atoms with Crippen LogP contribution in [0.1, 0.15) is 11.1 Å². The largest absolute Gasteiger partial charge is 1.00 e. The molecule has 2 rings (SSSR count). The van der Waals surface area contributed by atoms with Crippen molar-refractivity contribution in [1.82, 2.24) is 0 Å². The molecule has 2 amide bonds. The molecule has 0 fully saturated rings.